The molecule has 1 saturated carbocycles. The highest BCUT2D eigenvalue weighted by Crippen LogP contribution is 2.50. The van der Waals surface area contributed by atoms with Gasteiger partial charge < -0.3 is 0 Å². The first kappa shape index (κ1) is 10.4. The van der Waals surface area contributed by atoms with Crippen LogP contribution >= 0.6 is 11.3 Å². The van der Waals surface area contributed by atoms with Gasteiger partial charge in [0, 0.05) is 11.6 Å². The fourth-order valence-electron chi connectivity index (χ4n) is 3.59. The molecule has 2 fully saturated rings. The summed E-state index contributed by atoms with van der Waals surface area (Å²) in [5.41, 5.74) is 0. The van der Waals surface area contributed by atoms with Gasteiger partial charge in [0.2, 0.25) is 11.8 Å². The average Bonchev–Trinajstić information content (AvgIpc) is 3.00. The van der Waals surface area contributed by atoms with Crippen molar-refractivity contribution in [3.8, 4) is 0 Å². The minimum atomic E-state index is -0.134. The van der Waals surface area contributed by atoms with Crippen molar-refractivity contribution >= 4 is 28.3 Å². The second-order valence-corrected chi connectivity index (χ2v) is 6.04. The molecule has 2 bridgehead atoms. The number of aromatic nitrogens is 1. The molecule has 0 radical (unpaired) electrons. The van der Waals surface area contributed by atoms with Gasteiger partial charge in [-0.15, -0.1) is 11.3 Å². The summed E-state index contributed by atoms with van der Waals surface area (Å²) in [7, 11) is 0. The van der Waals surface area contributed by atoms with Crippen LogP contribution in [0.5, 0.6) is 0 Å². The number of allylic oxidation sites excluding steroid dienone is 2. The van der Waals surface area contributed by atoms with Gasteiger partial charge >= 0.3 is 0 Å². The molecule has 4 atom stereocenters. The molecule has 4 nitrogen and oxygen atoms in total. The van der Waals surface area contributed by atoms with Crippen LogP contribution in [0.2, 0.25) is 0 Å². The van der Waals surface area contributed by atoms with Gasteiger partial charge in [0.25, 0.3) is 0 Å². The van der Waals surface area contributed by atoms with Crippen LogP contribution in [0.1, 0.15) is 12.8 Å². The maximum Gasteiger partial charge on any atom is 0.240 e. The monoisotopic (exact) mass is 260 g/mol. The zero-order valence-electron chi connectivity index (χ0n) is 9.65. The van der Waals surface area contributed by atoms with Gasteiger partial charge in [-0.3, -0.25) is 9.59 Å². The van der Waals surface area contributed by atoms with Gasteiger partial charge in [-0.25, -0.2) is 9.88 Å². The molecule has 0 N–H and O–H groups in total. The average molecular weight is 260 g/mol. The van der Waals surface area contributed by atoms with E-state index in [0.29, 0.717) is 5.13 Å². The van der Waals surface area contributed by atoms with E-state index in [0.717, 1.165) is 12.8 Å². The van der Waals surface area contributed by atoms with E-state index in [1.807, 2.05) is 0 Å². The summed E-state index contributed by atoms with van der Waals surface area (Å²) in [6, 6.07) is 0. The van der Waals surface area contributed by atoms with Crippen LogP contribution in [0.4, 0.5) is 5.13 Å². The van der Waals surface area contributed by atoms with Crippen molar-refractivity contribution in [1.82, 2.24) is 4.98 Å². The van der Waals surface area contributed by atoms with Gasteiger partial charge in [-0.05, 0) is 24.7 Å². The van der Waals surface area contributed by atoms with E-state index in [1.54, 1.807) is 11.6 Å². The van der Waals surface area contributed by atoms with E-state index in [1.165, 1.54) is 16.2 Å². The molecule has 1 aromatic rings. The topological polar surface area (TPSA) is 50.3 Å². The molecule has 3 aliphatic carbocycles. The van der Waals surface area contributed by atoms with Crippen molar-refractivity contribution in [1.29, 1.82) is 0 Å². The fraction of sp³-hybridized carbons (Fsp3) is 0.462. The Balaban J connectivity index is 1.79. The van der Waals surface area contributed by atoms with Crippen molar-refractivity contribution in [2.75, 3.05) is 4.90 Å². The van der Waals surface area contributed by atoms with E-state index in [-0.39, 0.29) is 35.5 Å². The number of nitrogens with zero attached hydrogens (tertiary/aromatic N) is 2. The Bertz CT molecular complexity index is 519. The van der Waals surface area contributed by atoms with E-state index in [4.69, 9.17) is 0 Å². The minimum Gasteiger partial charge on any atom is -0.274 e. The maximum absolute atomic E-state index is 12.5. The van der Waals surface area contributed by atoms with Crippen molar-refractivity contribution < 1.29 is 9.59 Å². The summed E-state index contributed by atoms with van der Waals surface area (Å²) in [5, 5.41) is 2.32. The number of hydrogen-bond donors (Lipinski definition) is 0. The normalized spacial score (nSPS) is 37.4. The second kappa shape index (κ2) is 3.51. The van der Waals surface area contributed by atoms with Crippen LogP contribution in [0.3, 0.4) is 0 Å². The number of rotatable bonds is 1. The molecule has 2 amide bonds. The molecule has 0 spiro atoms. The Labute approximate surface area is 108 Å². The first-order valence-corrected chi connectivity index (χ1v) is 7.11. The van der Waals surface area contributed by atoms with E-state index in [9.17, 15) is 9.59 Å². The molecule has 0 unspecified atom stereocenters. The Morgan fingerprint density at radius 3 is 2.17 bits per heavy atom. The molecule has 5 rings (SSSR count). The third-order valence-corrected chi connectivity index (χ3v) is 5.13. The van der Waals surface area contributed by atoms with Crippen LogP contribution in [-0.2, 0) is 9.59 Å². The van der Waals surface area contributed by atoms with Crippen molar-refractivity contribution in [3.05, 3.63) is 23.7 Å². The first-order valence-electron chi connectivity index (χ1n) is 6.23. The zero-order chi connectivity index (χ0) is 12.3. The first-order chi connectivity index (χ1) is 8.77. The molecular formula is C13H12N2O2S. The highest BCUT2D eigenvalue weighted by atomic mass is 32.1. The Morgan fingerprint density at radius 2 is 1.72 bits per heavy atom. The standard InChI is InChI=1S/C13H12N2O2S/c16-11-9-7-1-2-8(4-3-7)10(9)12(17)15(11)13-14-5-6-18-13/h1-2,5-10H,3-4H2/t7-,8+,9-,10-/m0/s1. The summed E-state index contributed by atoms with van der Waals surface area (Å²) >= 11 is 1.35. The Kier molecular flexibility index (Phi) is 2.03. The molecule has 1 aliphatic heterocycles. The van der Waals surface area contributed by atoms with Crippen LogP contribution in [0, 0.1) is 23.7 Å². The van der Waals surface area contributed by atoms with Crippen molar-refractivity contribution in [2.24, 2.45) is 23.7 Å². The Morgan fingerprint density at radius 1 is 1.11 bits per heavy atom. The minimum absolute atomic E-state index is 0.0426. The number of hydrogen-bond acceptors (Lipinski definition) is 4. The van der Waals surface area contributed by atoms with Gasteiger partial charge in [0.05, 0.1) is 11.8 Å². The van der Waals surface area contributed by atoms with Gasteiger partial charge in [-0.2, -0.15) is 0 Å². The molecule has 92 valence electrons. The number of fused-ring (bicyclic) bond motifs is 1. The molecule has 4 aliphatic rings. The smallest absolute Gasteiger partial charge is 0.240 e. The van der Waals surface area contributed by atoms with Gasteiger partial charge in [0.15, 0.2) is 5.13 Å². The number of anilines is 1. The van der Waals surface area contributed by atoms with Crippen LogP contribution in [-0.4, -0.2) is 16.8 Å². The highest BCUT2D eigenvalue weighted by molar-refractivity contribution is 7.14. The molecular weight excluding hydrogens is 248 g/mol. The lowest BCUT2D eigenvalue weighted by molar-refractivity contribution is -0.124. The second-order valence-electron chi connectivity index (χ2n) is 5.17. The predicted octanol–water partition coefficient (Wildman–Crippen LogP) is 1.84. The van der Waals surface area contributed by atoms with E-state index < -0.39 is 0 Å². The summed E-state index contributed by atoms with van der Waals surface area (Å²) in [6.07, 6.45) is 7.97. The molecule has 2 heterocycles. The number of amides is 2. The molecule has 5 heteroatoms. The molecule has 1 aromatic heterocycles. The number of carbonyl (C=O) groups is 2. The summed E-state index contributed by atoms with van der Waals surface area (Å²) in [5.74, 6) is 0.149. The Hall–Kier alpha value is -1.49. The molecule has 1 saturated heterocycles. The van der Waals surface area contributed by atoms with E-state index in [2.05, 4.69) is 17.1 Å². The van der Waals surface area contributed by atoms with Gasteiger partial charge in [0.1, 0.15) is 0 Å². The molecule has 18 heavy (non-hydrogen) atoms. The highest BCUT2D eigenvalue weighted by Gasteiger charge is 2.57. The summed E-state index contributed by atoms with van der Waals surface area (Å²) < 4.78 is 0. The van der Waals surface area contributed by atoms with Crippen molar-refractivity contribution in [3.63, 3.8) is 0 Å². The fourth-order valence-corrected chi connectivity index (χ4v) is 4.24. The van der Waals surface area contributed by atoms with Crippen LogP contribution in [0.15, 0.2) is 23.7 Å². The largest absolute Gasteiger partial charge is 0.274 e. The van der Waals surface area contributed by atoms with Crippen LogP contribution in [0.25, 0.3) is 0 Å². The van der Waals surface area contributed by atoms with Crippen molar-refractivity contribution in [2.45, 2.75) is 12.8 Å². The number of thiazole rings is 1. The predicted molar refractivity (Wildman–Crippen MR) is 66.9 cm³/mol. The van der Waals surface area contributed by atoms with E-state index >= 15 is 0 Å². The third-order valence-electron chi connectivity index (χ3n) is 4.37. The summed E-state index contributed by atoms with van der Waals surface area (Å²) in [4.78, 5) is 30.4. The molecule has 0 aromatic carbocycles. The third kappa shape index (κ3) is 1.17. The van der Waals surface area contributed by atoms with Crippen LogP contribution < -0.4 is 4.90 Å². The number of imide groups is 1. The lowest BCUT2D eigenvalue weighted by Gasteiger charge is -2.38. The zero-order valence-corrected chi connectivity index (χ0v) is 10.5. The maximum atomic E-state index is 12.5. The van der Waals surface area contributed by atoms with Gasteiger partial charge in [-0.1, -0.05) is 12.2 Å². The number of carbonyl (C=O) groups excluding carboxylic acids is 2. The quantitative estimate of drug-likeness (QED) is 0.572. The lowest BCUT2D eigenvalue weighted by atomic mass is 9.63. The summed E-state index contributed by atoms with van der Waals surface area (Å²) in [6.45, 7) is 0. The SMILES string of the molecule is O=C1[C@@H]2[C@@H](C(=O)N1c1nccs1)[C@H]1C=C[C@@H]2CC1. The lowest BCUT2D eigenvalue weighted by Crippen LogP contribution is -2.38.